The zero-order chi connectivity index (χ0) is 17.4. The van der Waals surface area contributed by atoms with Crippen molar-refractivity contribution >= 4 is 16.7 Å². The summed E-state index contributed by atoms with van der Waals surface area (Å²) >= 11 is 0. The van der Waals surface area contributed by atoms with Gasteiger partial charge in [0.25, 0.3) is 0 Å². The fourth-order valence-electron chi connectivity index (χ4n) is 2.39. The lowest BCUT2D eigenvalue weighted by molar-refractivity contribution is -0.176. The summed E-state index contributed by atoms with van der Waals surface area (Å²) in [6, 6.07) is 7.17. The molecule has 1 unspecified atom stereocenters. The van der Waals surface area contributed by atoms with Crippen LogP contribution >= 0.6 is 0 Å². The summed E-state index contributed by atoms with van der Waals surface area (Å²) < 4.78 is 51.5. The summed E-state index contributed by atoms with van der Waals surface area (Å²) in [5.41, 5.74) is -1.49. The normalized spacial score (nSPS) is 13.9. The molecule has 0 aliphatic rings. The molecular formula is C16H15F4NO2. The van der Waals surface area contributed by atoms with Crippen molar-refractivity contribution in [3.05, 3.63) is 47.8 Å². The van der Waals surface area contributed by atoms with Crippen LogP contribution in [-0.2, 0) is 4.79 Å². The number of nitrogens with one attached hydrogen (secondary N) is 1. The van der Waals surface area contributed by atoms with Gasteiger partial charge in [-0.25, -0.2) is 4.39 Å². The molecule has 1 atom stereocenters. The Morgan fingerprint density at radius 2 is 1.65 bits per heavy atom. The standard InChI is InChI=1S/C16H15F4NO2/c1-15(2,23)13(21-14(22)16(18,19)20)11-7-8-12(17)10-6-4-3-5-9(10)11/h3-8,13,23H,1-2H3,(H,21,22). The number of fused-ring (bicyclic) bond motifs is 1. The van der Waals surface area contributed by atoms with Crippen LogP contribution in [0.3, 0.4) is 0 Å². The number of rotatable bonds is 3. The summed E-state index contributed by atoms with van der Waals surface area (Å²) in [6.07, 6.45) is -5.08. The maximum absolute atomic E-state index is 13.8. The second-order valence-electron chi connectivity index (χ2n) is 5.74. The van der Waals surface area contributed by atoms with Crippen LogP contribution in [0.2, 0.25) is 0 Å². The second kappa shape index (κ2) is 5.81. The van der Waals surface area contributed by atoms with E-state index in [0.29, 0.717) is 5.39 Å². The first-order valence-electron chi connectivity index (χ1n) is 6.79. The Hall–Kier alpha value is -2.15. The van der Waals surface area contributed by atoms with E-state index in [1.807, 2.05) is 0 Å². The van der Waals surface area contributed by atoms with Gasteiger partial charge in [0.05, 0.1) is 11.6 Å². The van der Waals surface area contributed by atoms with Crippen LogP contribution < -0.4 is 5.32 Å². The van der Waals surface area contributed by atoms with E-state index in [1.165, 1.54) is 32.0 Å². The highest BCUT2D eigenvalue weighted by molar-refractivity contribution is 5.88. The molecule has 2 rings (SSSR count). The Morgan fingerprint density at radius 3 is 2.17 bits per heavy atom. The minimum atomic E-state index is -5.08. The Kier molecular flexibility index (Phi) is 4.34. The summed E-state index contributed by atoms with van der Waals surface area (Å²) in [6.45, 7) is 2.54. The number of benzene rings is 2. The van der Waals surface area contributed by atoms with Gasteiger partial charge in [0, 0.05) is 5.39 Å². The fourth-order valence-corrected chi connectivity index (χ4v) is 2.39. The number of hydrogen-bond donors (Lipinski definition) is 2. The first kappa shape index (κ1) is 17.2. The molecular weight excluding hydrogens is 314 g/mol. The van der Waals surface area contributed by atoms with Crippen molar-refractivity contribution in [2.24, 2.45) is 0 Å². The van der Waals surface area contributed by atoms with E-state index in [9.17, 15) is 27.5 Å². The van der Waals surface area contributed by atoms with Crippen LogP contribution in [0.4, 0.5) is 17.6 Å². The minimum Gasteiger partial charge on any atom is -0.388 e. The van der Waals surface area contributed by atoms with Gasteiger partial charge in [0.2, 0.25) is 0 Å². The predicted molar refractivity (Wildman–Crippen MR) is 77.1 cm³/mol. The number of carbonyl (C=O) groups is 1. The van der Waals surface area contributed by atoms with Gasteiger partial charge >= 0.3 is 12.1 Å². The molecule has 0 aliphatic carbocycles. The molecule has 2 N–H and O–H groups in total. The van der Waals surface area contributed by atoms with Gasteiger partial charge in [-0.05, 0) is 30.9 Å². The lowest BCUT2D eigenvalue weighted by atomic mass is 9.88. The zero-order valence-corrected chi connectivity index (χ0v) is 12.4. The quantitative estimate of drug-likeness (QED) is 0.847. The molecule has 0 aliphatic heterocycles. The van der Waals surface area contributed by atoms with Gasteiger partial charge in [-0.2, -0.15) is 13.2 Å². The largest absolute Gasteiger partial charge is 0.471 e. The highest BCUT2D eigenvalue weighted by Crippen LogP contribution is 2.33. The first-order valence-corrected chi connectivity index (χ1v) is 6.79. The molecule has 23 heavy (non-hydrogen) atoms. The molecule has 0 fully saturated rings. The highest BCUT2D eigenvalue weighted by atomic mass is 19.4. The molecule has 0 heterocycles. The smallest absolute Gasteiger partial charge is 0.388 e. The summed E-state index contributed by atoms with van der Waals surface area (Å²) in [7, 11) is 0. The third-order valence-electron chi connectivity index (χ3n) is 3.45. The molecule has 0 saturated carbocycles. The number of amides is 1. The van der Waals surface area contributed by atoms with Crippen molar-refractivity contribution in [1.82, 2.24) is 5.32 Å². The first-order chi connectivity index (χ1) is 10.5. The molecule has 0 spiro atoms. The SMILES string of the molecule is CC(C)(O)C(NC(=O)C(F)(F)F)c1ccc(F)c2ccccc12. The molecule has 0 radical (unpaired) electrons. The van der Waals surface area contributed by atoms with E-state index in [0.717, 1.165) is 6.07 Å². The monoisotopic (exact) mass is 329 g/mol. The van der Waals surface area contributed by atoms with E-state index in [-0.39, 0.29) is 10.9 Å². The van der Waals surface area contributed by atoms with E-state index in [1.54, 1.807) is 17.4 Å². The van der Waals surface area contributed by atoms with Crippen LogP contribution in [0, 0.1) is 5.82 Å². The number of alkyl halides is 3. The molecule has 2 aromatic carbocycles. The average molecular weight is 329 g/mol. The number of halogens is 4. The Labute approximate surface area is 129 Å². The van der Waals surface area contributed by atoms with Crippen LogP contribution in [0.1, 0.15) is 25.5 Å². The van der Waals surface area contributed by atoms with Crippen molar-refractivity contribution in [3.63, 3.8) is 0 Å². The van der Waals surface area contributed by atoms with Gasteiger partial charge in [-0.15, -0.1) is 0 Å². The van der Waals surface area contributed by atoms with Crippen molar-refractivity contribution < 1.29 is 27.5 Å². The summed E-state index contributed by atoms with van der Waals surface area (Å²) in [4.78, 5) is 11.3. The maximum Gasteiger partial charge on any atom is 0.471 e. The van der Waals surface area contributed by atoms with Crippen LogP contribution in [0.5, 0.6) is 0 Å². The van der Waals surface area contributed by atoms with Crippen LogP contribution in [-0.4, -0.2) is 22.8 Å². The van der Waals surface area contributed by atoms with Crippen molar-refractivity contribution in [1.29, 1.82) is 0 Å². The number of carbonyl (C=O) groups excluding carboxylic acids is 1. The third-order valence-corrected chi connectivity index (χ3v) is 3.45. The fraction of sp³-hybridized carbons (Fsp3) is 0.312. The van der Waals surface area contributed by atoms with Gasteiger partial charge in [0.15, 0.2) is 0 Å². The summed E-state index contributed by atoms with van der Waals surface area (Å²) in [5.74, 6) is -2.71. The lowest BCUT2D eigenvalue weighted by Gasteiger charge is -2.31. The lowest BCUT2D eigenvalue weighted by Crippen LogP contribution is -2.47. The highest BCUT2D eigenvalue weighted by Gasteiger charge is 2.42. The zero-order valence-electron chi connectivity index (χ0n) is 12.4. The molecule has 7 heteroatoms. The maximum atomic E-state index is 13.8. The average Bonchev–Trinajstić information content (AvgIpc) is 2.44. The molecule has 2 aromatic rings. The third kappa shape index (κ3) is 3.61. The molecule has 0 bridgehead atoms. The molecule has 3 nitrogen and oxygen atoms in total. The van der Waals surface area contributed by atoms with Gasteiger partial charge in [-0.1, -0.05) is 30.3 Å². The van der Waals surface area contributed by atoms with Crippen LogP contribution in [0.25, 0.3) is 10.8 Å². The van der Waals surface area contributed by atoms with E-state index in [4.69, 9.17) is 0 Å². The molecule has 0 saturated heterocycles. The number of hydrogen-bond acceptors (Lipinski definition) is 2. The van der Waals surface area contributed by atoms with Crippen molar-refractivity contribution in [3.8, 4) is 0 Å². The minimum absolute atomic E-state index is 0.195. The Morgan fingerprint density at radius 1 is 1.09 bits per heavy atom. The summed E-state index contributed by atoms with van der Waals surface area (Å²) in [5, 5.41) is 12.5. The Bertz CT molecular complexity index is 735. The van der Waals surface area contributed by atoms with Crippen molar-refractivity contribution in [2.45, 2.75) is 31.7 Å². The van der Waals surface area contributed by atoms with Crippen molar-refractivity contribution in [2.75, 3.05) is 0 Å². The van der Waals surface area contributed by atoms with E-state index >= 15 is 0 Å². The molecule has 1 amide bonds. The molecule has 124 valence electrons. The Balaban J connectivity index is 2.58. The molecule has 0 aromatic heterocycles. The number of aliphatic hydroxyl groups is 1. The topological polar surface area (TPSA) is 49.3 Å². The van der Waals surface area contributed by atoms with Gasteiger partial charge in [-0.3, -0.25) is 4.79 Å². The van der Waals surface area contributed by atoms with Gasteiger partial charge < -0.3 is 10.4 Å². The van der Waals surface area contributed by atoms with E-state index < -0.39 is 29.5 Å². The predicted octanol–water partition coefficient (Wildman–Crippen LogP) is 3.47. The second-order valence-corrected chi connectivity index (χ2v) is 5.74. The van der Waals surface area contributed by atoms with E-state index in [2.05, 4.69) is 0 Å². The van der Waals surface area contributed by atoms with Crippen LogP contribution in [0.15, 0.2) is 36.4 Å². The van der Waals surface area contributed by atoms with Gasteiger partial charge in [0.1, 0.15) is 5.82 Å².